The fourth-order valence-corrected chi connectivity index (χ4v) is 2.76. The third kappa shape index (κ3) is 2.40. The number of amides is 1. The quantitative estimate of drug-likeness (QED) is 0.775. The SMILES string of the molecule is O=C(c1cc(S)cs1)N1CCOCC1CO. The van der Waals surface area contributed by atoms with Crippen molar-refractivity contribution in [3.63, 3.8) is 0 Å². The fourth-order valence-electron chi connectivity index (χ4n) is 1.65. The van der Waals surface area contributed by atoms with Gasteiger partial charge in [0, 0.05) is 16.8 Å². The summed E-state index contributed by atoms with van der Waals surface area (Å²) in [5, 5.41) is 11.0. The molecule has 6 heteroatoms. The van der Waals surface area contributed by atoms with E-state index in [0.29, 0.717) is 24.6 Å². The zero-order valence-corrected chi connectivity index (χ0v) is 10.3. The van der Waals surface area contributed by atoms with Gasteiger partial charge < -0.3 is 14.7 Å². The van der Waals surface area contributed by atoms with Gasteiger partial charge in [0.1, 0.15) is 0 Å². The normalized spacial score (nSPS) is 21.1. The lowest BCUT2D eigenvalue weighted by molar-refractivity contribution is -0.0181. The molecule has 2 rings (SSSR count). The highest BCUT2D eigenvalue weighted by molar-refractivity contribution is 7.80. The molecule has 4 nitrogen and oxygen atoms in total. The smallest absolute Gasteiger partial charge is 0.264 e. The molecule has 0 saturated carbocycles. The second kappa shape index (κ2) is 5.18. The number of morpholine rings is 1. The summed E-state index contributed by atoms with van der Waals surface area (Å²) >= 11 is 5.55. The van der Waals surface area contributed by atoms with Gasteiger partial charge in [0.25, 0.3) is 5.91 Å². The molecular formula is C10H13NO3S2. The van der Waals surface area contributed by atoms with Crippen LogP contribution in [0.5, 0.6) is 0 Å². The molecule has 1 atom stereocenters. The Morgan fingerprint density at radius 3 is 3.19 bits per heavy atom. The number of thiophene rings is 1. The van der Waals surface area contributed by atoms with Crippen LogP contribution >= 0.6 is 24.0 Å². The van der Waals surface area contributed by atoms with Crippen LogP contribution in [0.15, 0.2) is 16.3 Å². The van der Waals surface area contributed by atoms with Crippen molar-refractivity contribution >= 4 is 29.9 Å². The van der Waals surface area contributed by atoms with Crippen LogP contribution in [0.3, 0.4) is 0 Å². The minimum Gasteiger partial charge on any atom is -0.394 e. The lowest BCUT2D eigenvalue weighted by atomic mass is 10.2. The lowest BCUT2D eigenvalue weighted by Gasteiger charge is -2.34. The molecule has 1 aromatic rings. The molecule has 0 bridgehead atoms. The van der Waals surface area contributed by atoms with E-state index < -0.39 is 0 Å². The first-order chi connectivity index (χ1) is 7.72. The van der Waals surface area contributed by atoms with Gasteiger partial charge in [-0.15, -0.1) is 24.0 Å². The van der Waals surface area contributed by atoms with Gasteiger partial charge in [0.15, 0.2) is 0 Å². The summed E-state index contributed by atoms with van der Waals surface area (Å²) in [6, 6.07) is 1.52. The molecule has 88 valence electrons. The standard InChI is InChI=1S/C10H13NO3S2/c12-4-7-5-14-2-1-11(7)10(13)9-3-8(15)6-16-9/h3,6-7,12,15H,1-2,4-5H2. The van der Waals surface area contributed by atoms with Crippen molar-refractivity contribution < 1.29 is 14.6 Å². The average molecular weight is 259 g/mol. The van der Waals surface area contributed by atoms with E-state index in [4.69, 9.17) is 4.74 Å². The Hall–Kier alpha value is -0.560. The predicted molar refractivity (Wildman–Crippen MR) is 64.3 cm³/mol. The van der Waals surface area contributed by atoms with Gasteiger partial charge in [0.2, 0.25) is 0 Å². The Morgan fingerprint density at radius 2 is 2.56 bits per heavy atom. The number of hydrogen-bond acceptors (Lipinski definition) is 5. The Labute approximate surface area is 103 Å². The van der Waals surface area contributed by atoms with E-state index in [0.717, 1.165) is 4.90 Å². The zero-order chi connectivity index (χ0) is 11.5. The average Bonchev–Trinajstić information content (AvgIpc) is 2.75. The molecule has 2 heterocycles. The van der Waals surface area contributed by atoms with Crippen molar-refractivity contribution in [2.45, 2.75) is 10.9 Å². The molecule has 1 N–H and O–H groups in total. The number of aliphatic hydroxyl groups is 1. The fraction of sp³-hybridized carbons (Fsp3) is 0.500. The molecule has 1 fully saturated rings. The van der Waals surface area contributed by atoms with Crippen LogP contribution in [-0.4, -0.2) is 48.3 Å². The van der Waals surface area contributed by atoms with Crippen LogP contribution in [0.2, 0.25) is 0 Å². The maximum absolute atomic E-state index is 12.1. The minimum absolute atomic E-state index is 0.0485. The Bertz CT molecular complexity index is 380. The van der Waals surface area contributed by atoms with Crippen molar-refractivity contribution in [2.24, 2.45) is 0 Å². The number of thiol groups is 1. The van der Waals surface area contributed by atoms with Crippen molar-refractivity contribution in [3.8, 4) is 0 Å². The van der Waals surface area contributed by atoms with E-state index in [1.165, 1.54) is 11.3 Å². The Morgan fingerprint density at radius 1 is 1.75 bits per heavy atom. The molecule has 1 aliphatic heterocycles. The molecule has 1 unspecified atom stereocenters. The van der Waals surface area contributed by atoms with Gasteiger partial charge in [-0.2, -0.15) is 0 Å². The summed E-state index contributed by atoms with van der Waals surface area (Å²) in [7, 11) is 0. The number of ether oxygens (including phenoxy) is 1. The number of rotatable bonds is 2. The maximum Gasteiger partial charge on any atom is 0.264 e. The molecule has 0 aliphatic carbocycles. The number of carbonyl (C=O) groups excluding carboxylic acids is 1. The summed E-state index contributed by atoms with van der Waals surface area (Å²) in [5.74, 6) is -0.0485. The number of hydrogen-bond donors (Lipinski definition) is 2. The van der Waals surface area contributed by atoms with Crippen LogP contribution in [-0.2, 0) is 4.74 Å². The van der Waals surface area contributed by atoms with Gasteiger partial charge in [-0.3, -0.25) is 4.79 Å². The van der Waals surface area contributed by atoms with Crippen molar-refractivity contribution in [1.29, 1.82) is 0 Å². The van der Waals surface area contributed by atoms with Crippen molar-refractivity contribution in [3.05, 3.63) is 16.3 Å². The third-order valence-corrected chi connectivity index (χ3v) is 3.85. The van der Waals surface area contributed by atoms with Gasteiger partial charge in [-0.1, -0.05) is 0 Å². The summed E-state index contributed by atoms with van der Waals surface area (Å²) in [5.41, 5.74) is 0. The predicted octanol–water partition coefficient (Wildman–Crippen LogP) is 0.870. The van der Waals surface area contributed by atoms with E-state index in [2.05, 4.69) is 12.6 Å². The topological polar surface area (TPSA) is 49.8 Å². The van der Waals surface area contributed by atoms with Crippen LogP contribution in [0.1, 0.15) is 9.67 Å². The van der Waals surface area contributed by atoms with E-state index >= 15 is 0 Å². The first-order valence-electron chi connectivity index (χ1n) is 4.99. The summed E-state index contributed by atoms with van der Waals surface area (Å²) in [4.78, 5) is 15.2. The largest absolute Gasteiger partial charge is 0.394 e. The van der Waals surface area contributed by atoms with Gasteiger partial charge in [-0.05, 0) is 6.07 Å². The highest BCUT2D eigenvalue weighted by Crippen LogP contribution is 2.21. The molecule has 0 aromatic carbocycles. The molecule has 1 saturated heterocycles. The van der Waals surface area contributed by atoms with Gasteiger partial charge in [-0.25, -0.2) is 0 Å². The lowest BCUT2D eigenvalue weighted by Crippen LogP contribution is -2.50. The van der Waals surface area contributed by atoms with Gasteiger partial charge >= 0.3 is 0 Å². The van der Waals surface area contributed by atoms with E-state index in [9.17, 15) is 9.90 Å². The molecule has 16 heavy (non-hydrogen) atoms. The Kier molecular flexibility index (Phi) is 3.86. The van der Waals surface area contributed by atoms with Crippen LogP contribution in [0.25, 0.3) is 0 Å². The second-order valence-electron chi connectivity index (χ2n) is 3.58. The summed E-state index contributed by atoms with van der Waals surface area (Å²) in [6.07, 6.45) is 0. The van der Waals surface area contributed by atoms with Crippen LogP contribution < -0.4 is 0 Å². The molecule has 0 radical (unpaired) electrons. The van der Waals surface area contributed by atoms with E-state index in [-0.39, 0.29) is 18.6 Å². The number of carbonyl (C=O) groups is 1. The van der Waals surface area contributed by atoms with Crippen molar-refractivity contribution in [1.82, 2.24) is 4.90 Å². The molecule has 1 aromatic heterocycles. The highest BCUT2D eigenvalue weighted by atomic mass is 32.1. The molecule has 1 aliphatic rings. The van der Waals surface area contributed by atoms with E-state index in [1.807, 2.05) is 5.38 Å². The van der Waals surface area contributed by atoms with Crippen LogP contribution in [0, 0.1) is 0 Å². The van der Waals surface area contributed by atoms with Crippen LogP contribution in [0.4, 0.5) is 0 Å². The molecule has 0 spiro atoms. The molecular weight excluding hydrogens is 246 g/mol. The first kappa shape index (κ1) is 11.9. The molecule has 1 amide bonds. The summed E-state index contributed by atoms with van der Waals surface area (Å²) in [6.45, 7) is 1.40. The second-order valence-corrected chi connectivity index (χ2v) is 5.01. The number of aliphatic hydroxyl groups excluding tert-OH is 1. The monoisotopic (exact) mass is 259 g/mol. The zero-order valence-electron chi connectivity index (χ0n) is 8.63. The van der Waals surface area contributed by atoms with Gasteiger partial charge in [0.05, 0.1) is 30.7 Å². The third-order valence-electron chi connectivity index (χ3n) is 2.50. The maximum atomic E-state index is 12.1. The number of nitrogens with zero attached hydrogens (tertiary/aromatic N) is 1. The first-order valence-corrected chi connectivity index (χ1v) is 6.32. The summed E-state index contributed by atoms with van der Waals surface area (Å²) < 4.78 is 5.23. The van der Waals surface area contributed by atoms with E-state index in [1.54, 1.807) is 11.0 Å². The highest BCUT2D eigenvalue weighted by Gasteiger charge is 2.28. The Balaban J connectivity index is 2.13. The minimum atomic E-state index is -0.230. The van der Waals surface area contributed by atoms with Crippen molar-refractivity contribution in [2.75, 3.05) is 26.4 Å².